The molecular formula is C17H20. The van der Waals surface area contributed by atoms with Gasteiger partial charge in [-0.05, 0) is 36.0 Å². The van der Waals surface area contributed by atoms with Crippen LogP contribution in [0, 0.1) is 0 Å². The lowest BCUT2D eigenvalue weighted by atomic mass is 9.93. The third-order valence-electron chi connectivity index (χ3n) is 3.03. The van der Waals surface area contributed by atoms with Crippen molar-refractivity contribution in [3.8, 4) is 0 Å². The van der Waals surface area contributed by atoms with Crippen molar-refractivity contribution in [3.63, 3.8) is 0 Å². The van der Waals surface area contributed by atoms with E-state index in [4.69, 9.17) is 0 Å². The van der Waals surface area contributed by atoms with Gasteiger partial charge in [0.1, 0.15) is 0 Å². The predicted octanol–water partition coefficient (Wildman–Crippen LogP) is 5.15. The Morgan fingerprint density at radius 2 is 2.00 bits per heavy atom. The highest BCUT2D eigenvalue weighted by Gasteiger charge is 2.06. The van der Waals surface area contributed by atoms with Gasteiger partial charge in [-0.25, -0.2) is 0 Å². The first-order valence-corrected chi connectivity index (χ1v) is 6.54. The quantitative estimate of drug-likeness (QED) is 0.663. The lowest BCUT2D eigenvalue weighted by Crippen LogP contribution is -1.91. The van der Waals surface area contributed by atoms with Crippen LogP contribution in [0.2, 0.25) is 0 Å². The zero-order valence-electron chi connectivity index (χ0n) is 10.5. The standard InChI is InChI=1S/C17H20/c1-2-3-14-17(15-10-6-4-7-11-15)16-12-8-5-9-13-16/h4,6-8,10-14H,2-3,5,9H2,1H3. The molecule has 0 aliphatic heterocycles. The molecule has 1 aromatic carbocycles. The largest absolute Gasteiger partial charge is 0.0836 e. The first-order chi connectivity index (χ1) is 8.42. The number of allylic oxidation sites excluding steroid dienone is 6. The van der Waals surface area contributed by atoms with Crippen LogP contribution in [0.3, 0.4) is 0 Å². The van der Waals surface area contributed by atoms with Crippen LogP contribution in [-0.4, -0.2) is 0 Å². The topological polar surface area (TPSA) is 0 Å². The summed E-state index contributed by atoms with van der Waals surface area (Å²) in [5.41, 5.74) is 4.11. The maximum absolute atomic E-state index is 2.37. The molecule has 0 unspecified atom stereocenters. The molecule has 0 saturated carbocycles. The summed E-state index contributed by atoms with van der Waals surface area (Å²) in [6.45, 7) is 2.23. The minimum Gasteiger partial charge on any atom is -0.0836 e. The van der Waals surface area contributed by atoms with Crippen LogP contribution >= 0.6 is 0 Å². The third-order valence-corrected chi connectivity index (χ3v) is 3.03. The molecule has 0 nitrogen and oxygen atoms in total. The number of hydrogen-bond donors (Lipinski definition) is 0. The van der Waals surface area contributed by atoms with Crippen LogP contribution in [0.15, 0.2) is 60.2 Å². The Bertz CT molecular complexity index is 432. The third kappa shape index (κ3) is 3.20. The predicted molar refractivity (Wildman–Crippen MR) is 75.8 cm³/mol. The van der Waals surface area contributed by atoms with Gasteiger partial charge in [0.2, 0.25) is 0 Å². The molecule has 1 aliphatic carbocycles. The van der Waals surface area contributed by atoms with Gasteiger partial charge in [0.05, 0.1) is 0 Å². The van der Waals surface area contributed by atoms with Gasteiger partial charge < -0.3 is 0 Å². The monoisotopic (exact) mass is 224 g/mol. The molecule has 0 amide bonds. The first kappa shape index (κ1) is 11.9. The molecule has 1 aliphatic rings. The first-order valence-electron chi connectivity index (χ1n) is 6.54. The maximum atomic E-state index is 2.37. The summed E-state index contributed by atoms with van der Waals surface area (Å²) < 4.78 is 0. The summed E-state index contributed by atoms with van der Waals surface area (Å²) in [5, 5.41) is 0. The lowest BCUT2D eigenvalue weighted by molar-refractivity contribution is 0.958. The molecule has 0 saturated heterocycles. The van der Waals surface area contributed by atoms with Crippen molar-refractivity contribution in [2.75, 3.05) is 0 Å². The molecule has 0 heterocycles. The van der Waals surface area contributed by atoms with Crippen molar-refractivity contribution < 1.29 is 0 Å². The molecule has 0 heteroatoms. The molecule has 0 radical (unpaired) electrons. The minimum absolute atomic E-state index is 1.15. The van der Waals surface area contributed by atoms with E-state index in [0.717, 1.165) is 6.42 Å². The fourth-order valence-electron chi connectivity index (χ4n) is 2.12. The fourth-order valence-corrected chi connectivity index (χ4v) is 2.12. The fraction of sp³-hybridized carbons (Fsp3) is 0.294. The summed E-state index contributed by atoms with van der Waals surface area (Å²) in [5.74, 6) is 0. The van der Waals surface area contributed by atoms with Gasteiger partial charge in [-0.3, -0.25) is 0 Å². The van der Waals surface area contributed by atoms with Crippen molar-refractivity contribution in [2.24, 2.45) is 0 Å². The van der Waals surface area contributed by atoms with Gasteiger partial charge in [0, 0.05) is 0 Å². The van der Waals surface area contributed by atoms with E-state index < -0.39 is 0 Å². The molecule has 0 N–H and O–H groups in total. The number of rotatable bonds is 4. The van der Waals surface area contributed by atoms with E-state index in [9.17, 15) is 0 Å². The molecule has 17 heavy (non-hydrogen) atoms. The van der Waals surface area contributed by atoms with Crippen LogP contribution in [0.5, 0.6) is 0 Å². The highest BCUT2D eigenvalue weighted by Crippen LogP contribution is 2.27. The Morgan fingerprint density at radius 1 is 1.18 bits per heavy atom. The summed E-state index contributed by atoms with van der Waals surface area (Å²) in [6.07, 6.45) is 14.0. The Hall–Kier alpha value is -1.56. The van der Waals surface area contributed by atoms with E-state index in [1.54, 1.807) is 0 Å². The highest BCUT2D eigenvalue weighted by molar-refractivity contribution is 5.81. The molecule has 0 bridgehead atoms. The van der Waals surface area contributed by atoms with Crippen LogP contribution in [-0.2, 0) is 0 Å². The van der Waals surface area contributed by atoms with Gasteiger partial charge in [-0.15, -0.1) is 0 Å². The highest BCUT2D eigenvalue weighted by atomic mass is 14.1. The van der Waals surface area contributed by atoms with Gasteiger partial charge >= 0.3 is 0 Å². The summed E-state index contributed by atoms with van der Waals surface area (Å²) in [4.78, 5) is 0. The second-order valence-corrected chi connectivity index (χ2v) is 4.41. The number of hydrogen-bond acceptors (Lipinski definition) is 0. The molecule has 0 fully saturated rings. The molecule has 1 aromatic rings. The van der Waals surface area contributed by atoms with Crippen molar-refractivity contribution in [1.29, 1.82) is 0 Å². The van der Waals surface area contributed by atoms with E-state index in [0.29, 0.717) is 0 Å². The van der Waals surface area contributed by atoms with Crippen molar-refractivity contribution in [3.05, 3.63) is 65.8 Å². The SMILES string of the molecule is CCCC=C(C1=CCCC=C1)c1ccccc1. The molecular weight excluding hydrogens is 204 g/mol. The average molecular weight is 224 g/mol. The van der Waals surface area contributed by atoms with E-state index in [1.165, 1.54) is 36.0 Å². The number of benzene rings is 1. The second kappa shape index (κ2) is 6.24. The minimum atomic E-state index is 1.15. The molecule has 2 rings (SSSR count). The second-order valence-electron chi connectivity index (χ2n) is 4.41. The van der Waals surface area contributed by atoms with Gasteiger partial charge in [-0.2, -0.15) is 0 Å². The molecule has 0 aromatic heterocycles. The normalized spacial score (nSPS) is 15.8. The van der Waals surface area contributed by atoms with E-state index in [-0.39, 0.29) is 0 Å². The van der Waals surface area contributed by atoms with Crippen LogP contribution in [0.25, 0.3) is 5.57 Å². The van der Waals surface area contributed by atoms with Gasteiger partial charge in [0.25, 0.3) is 0 Å². The molecule has 88 valence electrons. The van der Waals surface area contributed by atoms with E-state index in [1.807, 2.05) is 0 Å². The average Bonchev–Trinajstić information content (AvgIpc) is 2.42. The zero-order valence-corrected chi connectivity index (χ0v) is 10.5. The van der Waals surface area contributed by atoms with Crippen LogP contribution in [0.1, 0.15) is 38.2 Å². The summed E-state index contributed by atoms with van der Waals surface area (Å²) in [7, 11) is 0. The van der Waals surface area contributed by atoms with Gasteiger partial charge in [-0.1, -0.05) is 68.0 Å². The lowest BCUT2D eigenvalue weighted by Gasteiger charge is -2.12. The van der Waals surface area contributed by atoms with E-state index in [2.05, 4.69) is 61.6 Å². The van der Waals surface area contributed by atoms with Crippen LogP contribution < -0.4 is 0 Å². The Morgan fingerprint density at radius 3 is 2.65 bits per heavy atom. The van der Waals surface area contributed by atoms with Crippen molar-refractivity contribution >= 4 is 5.57 Å². The van der Waals surface area contributed by atoms with E-state index >= 15 is 0 Å². The smallest absolute Gasteiger partial charge is 0.0155 e. The zero-order chi connectivity index (χ0) is 11.9. The number of unbranched alkanes of at least 4 members (excludes halogenated alkanes) is 1. The Labute approximate surface area is 104 Å². The van der Waals surface area contributed by atoms with Gasteiger partial charge in [0.15, 0.2) is 0 Å². The Balaban J connectivity index is 2.32. The Kier molecular flexibility index (Phi) is 4.37. The summed E-state index contributed by atoms with van der Waals surface area (Å²) >= 11 is 0. The molecule has 0 atom stereocenters. The van der Waals surface area contributed by atoms with Crippen molar-refractivity contribution in [1.82, 2.24) is 0 Å². The van der Waals surface area contributed by atoms with Crippen molar-refractivity contribution in [2.45, 2.75) is 32.6 Å². The maximum Gasteiger partial charge on any atom is -0.0155 e. The molecule has 0 spiro atoms. The summed E-state index contributed by atoms with van der Waals surface area (Å²) in [6, 6.07) is 10.7. The van der Waals surface area contributed by atoms with Crippen LogP contribution in [0.4, 0.5) is 0 Å².